The molecule has 0 aromatic rings. The Morgan fingerprint density at radius 2 is 2.00 bits per heavy atom. The second-order valence-corrected chi connectivity index (χ2v) is 3.07. The lowest BCUT2D eigenvalue weighted by molar-refractivity contribution is -0.162. The molecular weight excluding hydrogens is 202 g/mol. The minimum atomic E-state index is -1.10. The number of carbonyl (C=O) groups excluding carboxylic acids is 2. The maximum Gasteiger partial charge on any atom is 0.345 e. The number of esters is 1. The fraction of sp³-hybridized carbons (Fsp3) is 0.667. The van der Waals surface area contributed by atoms with Crippen LogP contribution in [0.5, 0.6) is 0 Å². The molecule has 0 saturated carbocycles. The van der Waals surface area contributed by atoms with Crippen molar-refractivity contribution in [2.75, 3.05) is 0 Å². The van der Waals surface area contributed by atoms with E-state index in [1.54, 1.807) is 6.92 Å². The highest BCUT2D eigenvalue weighted by Crippen LogP contribution is 1.97. The van der Waals surface area contributed by atoms with E-state index in [9.17, 15) is 14.4 Å². The summed E-state index contributed by atoms with van der Waals surface area (Å²) >= 11 is 0. The van der Waals surface area contributed by atoms with Gasteiger partial charge < -0.3 is 15.2 Å². The molecule has 2 N–H and O–H groups in total. The molecule has 0 aromatic heterocycles. The molecule has 1 heterocycles. The van der Waals surface area contributed by atoms with E-state index in [2.05, 4.69) is 10.1 Å². The van der Waals surface area contributed by atoms with Crippen molar-refractivity contribution in [2.45, 2.75) is 39.3 Å². The number of carbonyl (C=O) groups is 3. The van der Waals surface area contributed by atoms with Crippen LogP contribution in [0.25, 0.3) is 0 Å². The number of ether oxygens (including phenoxy) is 1. The summed E-state index contributed by atoms with van der Waals surface area (Å²) in [7, 11) is 0. The SMILES string of the molecule is CC1NC1=O.CCC(OC(C)=O)C(=O)O. The molecule has 15 heavy (non-hydrogen) atoms. The van der Waals surface area contributed by atoms with Gasteiger partial charge in [-0.2, -0.15) is 0 Å². The first-order valence-corrected chi connectivity index (χ1v) is 4.58. The Hall–Kier alpha value is -1.59. The highest BCUT2D eigenvalue weighted by molar-refractivity contribution is 5.95. The van der Waals surface area contributed by atoms with Crippen LogP contribution in [0.15, 0.2) is 0 Å². The fourth-order valence-corrected chi connectivity index (χ4v) is 0.680. The van der Waals surface area contributed by atoms with Crippen molar-refractivity contribution in [3.63, 3.8) is 0 Å². The minimum Gasteiger partial charge on any atom is -0.479 e. The lowest BCUT2D eigenvalue weighted by Crippen LogP contribution is -2.24. The number of amides is 1. The monoisotopic (exact) mass is 217 g/mol. The molecule has 2 atom stereocenters. The lowest BCUT2D eigenvalue weighted by atomic mass is 10.3. The molecule has 6 nitrogen and oxygen atoms in total. The summed E-state index contributed by atoms with van der Waals surface area (Å²) < 4.78 is 4.42. The highest BCUT2D eigenvalue weighted by atomic mass is 16.6. The second-order valence-electron chi connectivity index (χ2n) is 3.07. The third-order valence-corrected chi connectivity index (χ3v) is 1.62. The maximum absolute atomic E-state index is 10.2. The summed E-state index contributed by atoms with van der Waals surface area (Å²) in [6.45, 7) is 4.66. The van der Waals surface area contributed by atoms with E-state index >= 15 is 0 Å². The van der Waals surface area contributed by atoms with Crippen molar-refractivity contribution in [1.82, 2.24) is 5.32 Å². The Kier molecular flexibility index (Phi) is 5.36. The Morgan fingerprint density at radius 3 is 2.07 bits per heavy atom. The molecule has 1 aliphatic rings. The van der Waals surface area contributed by atoms with Gasteiger partial charge in [0.05, 0.1) is 0 Å². The van der Waals surface area contributed by atoms with Gasteiger partial charge in [0.2, 0.25) is 5.91 Å². The van der Waals surface area contributed by atoms with Crippen molar-refractivity contribution in [2.24, 2.45) is 0 Å². The van der Waals surface area contributed by atoms with Crippen LogP contribution in [-0.2, 0) is 19.1 Å². The summed E-state index contributed by atoms with van der Waals surface area (Å²) in [6, 6.07) is 0.162. The van der Waals surface area contributed by atoms with Gasteiger partial charge in [-0.05, 0) is 13.3 Å². The Bertz CT molecular complexity index is 263. The summed E-state index contributed by atoms with van der Waals surface area (Å²) in [4.78, 5) is 30.2. The van der Waals surface area contributed by atoms with Crippen LogP contribution in [0.1, 0.15) is 27.2 Å². The van der Waals surface area contributed by atoms with E-state index in [1.807, 2.05) is 6.92 Å². The van der Waals surface area contributed by atoms with E-state index in [4.69, 9.17) is 5.11 Å². The summed E-state index contributed by atoms with van der Waals surface area (Å²) in [5, 5.41) is 10.9. The van der Waals surface area contributed by atoms with Crippen molar-refractivity contribution >= 4 is 17.8 Å². The molecule has 6 heteroatoms. The third-order valence-electron chi connectivity index (χ3n) is 1.62. The van der Waals surface area contributed by atoms with Crippen molar-refractivity contribution in [1.29, 1.82) is 0 Å². The predicted molar refractivity (Wildman–Crippen MR) is 51.1 cm³/mol. The van der Waals surface area contributed by atoms with Gasteiger partial charge in [0.25, 0.3) is 0 Å². The Morgan fingerprint density at radius 1 is 1.60 bits per heavy atom. The van der Waals surface area contributed by atoms with E-state index < -0.39 is 18.0 Å². The molecule has 1 amide bonds. The average molecular weight is 217 g/mol. The molecule has 2 unspecified atom stereocenters. The molecule has 86 valence electrons. The smallest absolute Gasteiger partial charge is 0.345 e. The summed E-state index contributed by atoms with van der Waals surface area (Å²) in [6.07, 6.45) is -0.688. The molecule has 1 rings (SSSR count). The quantitative estimate of drug-likeness (QED) is 0.508. The maximum atomic E-state index is 10.2. The van der Waals surface area contributed by atoms with E-state index in [0.29, 0.717) is 6.42 Å². The van der Waals surface area contributed by atoms with Gasteiger partial charge in [-0.3, -0.25) is 9.59 Å². The van der Waals surface area contributed by atoms with Gasteiger partial charge in [-0.25, -0.2) is 4.79 Å². The molecule has 1 fully saturated rings. The zero-order valence-electron chi connectivity index (χ0n) is 8.94. The third kappa shape index (κ3) is 6.48. The topological polar surface area (TPSA) is 103 Å². The first-order valence-electron chi connectivity index (χ1n) is 4.58. The first-order chi connectivity index (χ1) is 6.88. The molecule has 0 bridgehead atoms. The number of carboxylic acids is 1. The molecule has 0 spiro atoms. The number of hydrogen-bond donors (Lipinski definition) is 2. The van der Waals surface area contributed by atoms with Gasteiger partial charge in [-0.1, -0.05) is 6.92 Å². The van der Waals surface area contributed by atoms with Crippen molar-refractivity contribution < 1.29 is 24.2 Å². The summed E-state index contributed by atoms with van der Waals surface area (Å²) in [5.41, 5.74) is 0. The molecule has 0 aromatic carbocycles. The molecular formula is C9H15NO5. The van der Waals surface area contributed by atoms with Crippen LogP contribution in [-0.4, -0.2) is 35.1 Å². The van der Waals surface area contributed by atoms with Crippen LogP contribution in [0.4, 0.5) is 0 Å². The van der Waals surface area contributed by atoms with Crippen LogP contribution < -0.4 is 5.32 Å². The standard InChI is InChI=1S/C6H10O4.C3H5NO/c1-3-5(6(8)9)10-4(2)7;1-2-3(5)4-2/h5H,3H2,1-2H3,(H,8,9);2H,1H3,(H,4,5). The number of carboxylic acid groups (broad SMARTS) is 1. The molecule has 0 radical (unpaired) electrons. The highest BCUT2D eigenvalue weighted by Gasteiger charge is 2.26. The molecule has 1 aliphatic heterocycles. The normalized spacial score (nSPS) is 19.1. The minimum absolute atomic E-state index is 0.162. The van der Waals surface area contributed by atoms with E-state index in [0.717, 1.165) is 0 Å². The first kappa shape index (κ1) is 13.4. The summed E-state index contributed by atoms with van der Waals surface area (Å²) in [5.74, 6) is -1.49. The van der Waals surface area contributed by atoms with Gasteiger partial charge in [0.15, 0.2) is 6.10 Å². The van der Waals surface area contributed by atoms with Gasteiger partial charge in [0, 0.05) is 6.92 Å². The lowest BCUT2D eigenvalue weighted by Gasteiger charge is -2.08. The number of aliphatic carboxylic acids is 1. The van der Waals surface area contributed by atoms with Gasteiger partial charge in [-0.15, -0.1) is 0 Å². The van der Waals surface area contributed by atoms with E-state index in [-0.39, 0.29) is 11.9 Å². The largest absolute Gasteiger partial charge is 0.479 e. The zero-order chi connectivity index (χ0) is 12.0. The molecule has 1 saturated heterocycles. The average Bonchev–Trinajstić information content (AvgIpc) is 2.76. The predicted octanol–water partition coefficient (Wildman–Crippen LogP) is -0.0826. The van der Waals surface area contributed by atoms with Gasteiger partial charge in [0.1, 0.15) is 6.04 Å². The van der Waals surface area contributed by atoms with Crippen LogP contribution in [0.2, 0.25) is 0 Å². The van der Waals surface area contributed by atoms with Crippen molar-refractivity contribution in [3.05, 3.63) is 0 Å². The number of nitrogens with one attached hydrogen (secondary N) is 1. The van der Waals surface area contributed by atoms with Crippen LogP contribution in [0.3, 0.4) is 0 Å². The van der Waals surface area contributed by atoms with E-state index in [1.165, 1.54) is 6.92 Å². The number of rotatable bonds is 3. The Balaban J connectivity index is 0.000000322. The fourth-order valence-electron chi connectivity index (χ4n) is 0.680. The van der Waals surface area contributed by atoms with Crippen molar-refractivity contribution in [3.8, 4) is 0 Å². The zero-order valence-corrected chi connectivity index (χ0v) is 8.94. The second kappa shape index (κ2) is 6.00. The Labute approximate surface area is 87.6 Å². The van der Waals surface area contributed by atoms with Gasteiger partial charge >= 0.3 is 11.9 Å². The van der Waals surface area contributed by atoms with Crippen LogP contribution >= 0.6 is 0 Å². The number of hydrogen-bond acceptors (Lipinski definition) is 4. The van der Waals surface area contributed by atoms with Crippen LogP contribution in [0, 0.1) is 0 Å². The molecule has 0 aliphatic carbocycles.